The molecule has 1 aliphatic rings. The number of anilines is 2. The Balaban J connectivity index is 2.23. The molecule has 0 saturated carbocycles. The average Bonchev–Trinajstić information content (AvgIpc) is 2.42. The van der Waals surface area contributed by atoms with Crippen molar-refractivity contribution in [3.8, 4) is 0 Å². The molecule has 7 nitrogen and oxygen atoms in total. The molecule has 2 N–H and O–H groups in total. The van der Waals surface area contributed by atoms with Crippen LogP contribution < -0.4 is 5.32 Å². The normalized spacial score (nSPS) is 13.0. The standard InChI is InChI=1S/C12H8N2O5S2/c15-14(16)9-5-7(21(17,18)19)6-11-12(9)13-8-3-1-2-4-10(8)20-11/h1-6,13H,(H,17,18,19). The molecule has 0 amide bonds. The van der Waals surface area contributed by atoms with E-state index in [1.807, 2.05) is 6.07 Å². The van der Waals surface area contributed by atoms with Gasteiger partial charge in [-0.3, -0.25) is 14.7 Å². The summed E-state index contributed by atoms with van der Waals surface area (Å²) in [5.41, 5.74) is 0.524. The lowest BCUT2D eigenvalue weighted by Gasteiger charge is -2.20. The van der Waals surface area contributed by atoms with E-state index in [4.69, 9.17) is 4.55 Å². The van der Waals surface area contributed by atoms with Crippen molar-refractivity contribution >= 4 is 38.9 Å². The van der Waals surface area contributed by atoms with Crippen molar-refractivity contribution in [2.24, 2.45) is 0 Å². The largest absolute Gasteiger partial charge is 0.348 e. The minimum Gasteiger partial charge on any atom is -0.348 e. The van der Waals surface area contributed by atoms with E-state index in [1.54, 1.807) is 18.2 Å². The van der Waals surface area contributed by atoms with E-state index in [-0.39, 0.29) is 5.69 Å². The molecule has 2 aromatic carbocycles. The molecular weight excluding hydrogens is 316 g/mol. The van der Waals surface area contributed by atoms with Crippen molar-refractivity contribution in [1.82, 2.24) is 0 Å². The third-order valence-corrected chi connectivity index (χ3v) is 4.87. The smallest absolute Gasteiger partial charge is 0.295 e. The average molecular weight is 324 g/mol. The summed E-state index contributed by atoms with van der Waals surface area (Å²) in [6.07, 6.45) is 0. The number of benzene rings is 2. The van der Waals surface area contributed by atoms with Crippen LogP contribution >= 0.6 is 11.8 Å². The highest BCUT2D eigenvalue weighted by atomic mass is 32.2. The molecule has 108 valence electrons. The highest BCUT2D eigenvalue weighted by Gasteiger charge is 2.28. The predicted octanol–water partition coefficient (Wildman–Crippen LogP) is 3.05. The third-order valence-electron chi connectivity index (χ3n) is 2.92. The molecule has 0 spiro atoms. The van der Waals surface area contributed by atoms with E-state index in [9.17, 15) is 18.5 Å². The Kier molecular flexibility index (Phi) is 3.12. The lowest BCUT2D eigenvalue weighted by atomic mass is 10.2. The first-order valence-corrected chi connectivity index (χ1v) is 7.96. The van der Waals surface area contributed by atoms with Gasteiger partial charge in [-0.2, -0.15) is 8.42 Å². The SMILES string of the molecule is O=[N+]([O-])c1cc(S(=O)(=O)O)cc2c1Nc1ccccc1S2. The molecule has 0 unspecified atom stereocenters. The summed E-state index contributed by atoms with van der Waals surface area (Å²) >= 11 is 1.20. The van der Waals surface area contributed by atoms with Gasteiger partial charge in [-0.25, -0.2) is 0 Å². The summed E-state index contributed by atoms with van der Waals surface area (Å²) in [7, 11) is -4.52. The van der Waals surface area contributed by atoms with Crippen molar-refractivity contribution in [1.29, 1.82) is 0 Å². The van der Waals surface area contributed by atoms with E-state index in [0.29, 0.717) is 10.6 Å². The van der Waals surface area contributed by atoms with Gasteiger partial charge in [0.2, 0.25) is 0 Å². The molecule has 0 bridgehead atoms. The number of fused-ring (bicyclic) bond motifs is 2. The fourth-order valence-corrected chi connectivity index (χ4v) is 3.65. The first kappa shape index (κ1) is 13.9. The van der Waals surface area contributed by atoms with Crippen molar-refractivity contribution < 1.29 is 17.9 Å². The monoisotopic (exact) mass is 324 g/mol. The summed E-state index contributed by atoms with van der Waals surface area (Å²) < 4.78 is 31.6. The van der Waals surface area contributed by atoms with Gasteiger partial charge in [-0.05, 0) is 18.2 Å². The predicted molar refractivity (Wildman–Crippen MR) is 76.8 cm³/mol. The zero-order valence-corrected chi connectivity index (χ0v) is 11.9. The number of nitrogens with zero attached hydrogens (tertiary/aromatic N) is 1. The zero-order valence-electron chi connectivity index (χ0n) is 10.3. The number of nitrogens with one attached hydrogen (secondary N) is 1. The molecule has 0 atom stereocenters. The van der Waals surface area contributed by atoms with Crippen molar-refractivity contribution in [2.75, 3.05) is 5.32 Å². The molecule has 21 heavy (non-hydrogen) atoms. The summed E-state index contributed by atoms with van der Waals surface area (Å²) in [5, 5.41) is 14.1. The van der Waals surface area contributed by atoms with Crippen LogP contribution in [0.15, 0.2) is 51.1 Å². The topological polar surface area (TPSA) is 110 Å². The number of hydrogen-bond acceptors (Lipinski definition) is 6. The summed E-state index contributed by atoms with van der Waals surface area (Å²) in [6.45, 7) is 0. The van der Waals surface area contributed by atoms with Gasteiger partial charge in [0.15, 0.2) is 0 Å². The van der Waals surface area contributed by atoms with Crippen LogP contribution in [0.5, 0.6) is 0 Å². The van der Waals surface area contributed by atoms with Gasteiger partial charge in [0.1, 0.15) is 10.6 Å². The maximum absolute atomic E-state index is 11.2. The van der Waals surface area contributed by atoms with Gasteiger partial charge in [-0.15, -0.1) is 0 Å². The minimum atomic E-state index is -4.52. The van der Waals surface area contributed by atoms with Gasteiger partial charge in [0, 0.05) is 15.9 Å². The Labute approximate surface area is 123 Å². The highest BCUT2D eigenvalue weighted by molar-refractivity contribution is 7.99. The number of hydrogen-bond donors (Lipinski definition) is 2. The van der Waals surface area contributed by atoms with Gasteiger partial charge in [-0.1, -0.05) is 23.9 Å². The van der Waals surface area contributed by atoms with E-state index in [0.717, 1.165) is 11.0 Å². The molecule has 0 aromatic heterocycles. The van der Waals surface area contributed by atoms with Gasteiger partial charge in [0.05, 0.1) is 10.6 Å². The van der Waals surface area contributed by atoms with Crippen molar-refractivity contribution in [3.63, 3.8) is 0 Å². The van der Waals surface area contributed by atoms with Gasteiger partial charge >= 0.3 is 0 Å². The highest BCUT2D eigenvalue weighted by Crippen LogP contribution is 2.48. The Morgan fingerprint density at radius 3 is 2.57 bits per heavy atom. The molecule has 9 heteroatoms. The molecule has 0 radical (unpaired) electrons. The molecule has 0 saturated heterocycles. The van der Waals surface area contributed by atoms with Crippen LogP contribution in [0.25, 0.3) is 0 Å². The van der Waals surface area contributed by atoms with Crippen LogP contribution in [0.1, 0.15) is 0 Å². The maximum Gasteiger partial charge on any atom is 0.295 e. The molecule has 0 fully saturated rings. The van der Waals surface area contributed by atoms with Crippen LogP contribution in [0.2, 0.25) is 0 Å². The van der Waals surface area contributed by atoms with Crippen LogP contribution in [0, 0.1) is 10.1 Å². The second-order valence-corrected chi connectivity index (χ2v) is 6.78. The quantitative estimate of drug-likeness (QED) is 0.423. The Bertz CT molecular complexity index is 864. The van der Waals surface area contributed by atoms with Crippen LogP contribution in [0.4, 0.5) is 17.1 Å². The fraction of sp³-hybridized carbons (Fsp3) is 0. The Hall–Kier alpha value is -2.10. The maximum atomic E-state index is 11.2. The molecule has 1 heterocycles. The second kappa shape index (κ2) is 4.72. The van der Waals surface area contributed by atoms with Crippen molar-refractivity contribution in [2.45, 2.75) is 14.7 Å². The van der Waals surface area contributed by atoms with E-state index >= 15 is 0 Å². The van der Waals surface area contributed by atoms with Crippen LogP contribution in [-0.2, 0) is 10.1 Å². The summed E-state index contributed by atoms with van der Waals surface area (Å²) in [5.74, 6) is 0. The number of nitro groups is 1. The van der Waals surface area contributed by atoms with Gasteiger partial charge in [0.25, 0.3) is 15.8 Å². The van der Waals surface area contributed by atoms with E-state index < -0.39 is 25.6 Å². The second-order valence-electron chi connectivity index (χ2n) is 4.27. The molecule has 3 rings (SSSR count). The molecule has 2 aromatic rings. The number of para-hydroxylation sites is 1. The van der Waals surface area contributed by atoms with E-state index in [2.05, 4.69) is 5.32 Å². The summed E-state index contributed by atoms with van der Waals surface area (Å²) in [6, 6.07) is 9.23. The lowest BCUT2D eigenvalue weighted by Crippen LogP contribution is -2.06. The molecule has 1 aliphatic heterocycles. The Morgan fingerprint density at radius 2 is 1.90 bits per heavy atom. The number of rotatable bonds is 2. The fourth-order valence-electron chi connectivity index (χ4n) is 1.99. The Morgan fingerprint density at radius 1 is 1.19 bits per heavy atom. The van der Waals surface area contributed by atoms with E-state index in [1.165, 1.54) is 17.8 Å². The minimum absolute atomic E-state index is 0.219. The first-order valence-electron chi connectivity index (χ1n) is 5.70. The summed E-state index contributed by atoms with van der Waals surface area (Å²) in [4.78, 5) is 11.1. The first-order chi connectivity index (χ1) is 9.86. The lowest BCUT2D eigenvalue weighted by molar-refractivity contribution is -0.384. The van der Waals surface area contributed by atoms with Gasteiger partial charge < -0.3 is 5.32 Å². The van der Waals surface area contributed by atoms with Crippen LogP contribution in [0.3, 0.4) is 0 Å². The molecule has 0 aliphatic carbocycles. The van der Waals surface area contributed by atoms with Crippen molar-refractivity contribution in [3.05, 3.63) is 46.5 Å². The molecular formula is C12H8N2O5S2. The zero-order chi connectivity index (χ0) is 15.2. The number of nitro benzene ring substituents is 1. The third kappa shape index (κ3) is 2.46. The van der Waals surface area contributed by atoms with Crippen LogP contribution in [-0.4, -0.2) is 17.9 Å².